The van der Waals surface area contributed by atoms with Gasteiger partial charge < -0.3 is 24.9 Å². The van der Waals surface area contributed by atoms with Crippen molar-refractivity contribution >= 4 is 104 Å². The van der Waals surface area contributed by atoms with Crippen LogP contribution in [0.4, 0.5) is 0 Å². The molecule has 7 aromatic heterocycles. The molecule has 19 rings (SSSR count). The third-order valence-corrected chi connectivity index (χ3v) is 30.4. The monoisotopic (exact) mass is 1940 g/mol. The van der Waals surface area contributed by atoms with E-state index in [4.69, 9.17) is 24.9 Å². The first-order valence-corrected chi connectivity index (χ1v) is 53.2. The molecule has 0 saturated heterocycles. The number of benzene rings is 8. The minimum absolute atomic E-state index is 0.177. The fourth-order valence-corrected chi connectivity index (χ4v) is 20.8. The molecule has 4 aliphatic heterocycles. The largest absolute Gasteiger partial charge is 0.354 e. The summed E-state index contributed by atoms with van der Waals surface area (Å²) in [6.07, 6.45) is 17.9. The highest BCUT2D eigenvalue weighted by Gasteiger charge is 2.35. The molecule has 10 nitrogen and oxygen atoms in total. The lowest BCUT2D eigenvalue weighted by molar-refractivity contribution is 0.568. The number of imidazole rings is 1. The second-order valence-electron chi connectivity index (χ2n) is 54.7. The Labute approximate surface area is 874 Å². The van der Waals surface area contributed by atoms with E-state index >= 15 is 0 Å². The molecule has 16 bridgehead atoms. The molecule has 0 atom stereocenters. The van der Waals surface area contributed by atoms with Crippen molar-refractivity contribution in [1.82, 2.24) is 49.8 Å². The van der Waals surface area contributed by atoms with Crippen molar-refractivity contribution in [2.24, 2.45) is 0 Å². The van der Waals surface area contributed by atoms with Crippen LogP contribution in [0.2, 0.25) is 0 Å². The molecule has 8 aromatic carbocycles. The van der Waals surface area contributed by atoms with Gasteiger partial charge in [0, 0.05) is 105 Å². The Morgan fingerprint density at radius 1 is 0.163 bits per heavy atom. The maximum atomic E-state index is 6.13. The van der Waals surface area contributed by atoms with Crippen LogP contribution in [0.5, 0.6) is 0 Å². The summed E-state index contributed by atoms with van der Waals surface area (Å²) in [5.74, 6) is 0.733. The molecule has 0 aliphatic carbocycles. The molecule has 11 heterocycles. The summed E-state index contributed by atoms with van der Waals surface area (Å²) in [7, 11) is 0. The van der Waals surface area contributed by atoms with Gasteiger partial charge >= 0.3 is 0 Å². The van der Waals surface area contributed by atoms with Gasteiger partial charge in [0.2, 0.25) is 0 Å². The van der Waals surface area contributed by atoms with E-state index in [2.05, 4.69) is 523 Å². The summed E-state index contributed by atoms with van der Waals surface area (Å²) in [4.78, 5) is 51.2. The molecule has 10 heteroatoms. The number of nitrogens with zero attached hydrogens (tertiary/aromatic N) is 5. The van der Waals surface area contributed by atoms with E-state index in [9.17, 15) is 0 Å². The maximum Gasteiger partial charge on any atom is 0.138 e. The third-order valence-electron chi connectivity index (χ3n) is 30.4. The van der Waals surface area contributed by atoms with Crippen molar-refractivity contribution in [3.05, 3.63) is 313 Å². The Morgan fingerprint density at radius 3 is 0.633 bits per heavy atom. The Kier molecular flexibility index (Phi) is 24.7. The van der Waals surface area contributed by atoms with Gasteiger partial charge in [0.15, 0.2) is 0 Å². The number of fused-ring (bicyclic) bond motifs is 17. The van der Waals surface area contributed by atoms with Crippen LogP contribution in [-0.2, 0) is 65.0 Å². The SMILES string of the molecule is CC(C)(C)c1cc(-c2c3nc(c(-c4cc(C(C)(C)C)cc(C(C)(C)C)c4)c4ccc([nH]4)c(-c4cc(C(C)(C)C)cc(C(C)(C)C)c4)c4nc(cc5[nH]c2cc5-c2ccc(-c5cc6[nH]c5cc5nc(c(-c7cc(C(C)(C)C)cc(C(C)(C)C)c7)c7ccc([nH]7)c(-c7cc(C(C)(C)C)cc(C(C)(C)C)c7)c7nc(c6-c6cc(C(C)(C)C)cc(C(C)(C)C)c6)C=C7)C=C5)c5[nH]c(-c6ccccc6)nc25)C=C4)C=C3)cc(C(C)(C)C)c1. The minimum atomic E-state index is -0.230. The molecule has 147 heavy (non-hydrogen) atoms. The average Bonchev–Trinajstić information content (AvgIpc) is 1.59. The van der Waals surface area contributed by atoms with Crippen LogP contribution in [0, 0.1) is 0 Å². The van der Waals surface area contributed by atoms with Gasteiger partial charge in [-0.05, 0) is 262 Å². The topological polar surface area (TPSA) is 143 Å². The van der Waals surface area contributed by atoms with Crippen molar-refractivity contribution in [3.8, 4) is 100 Å². The molecular formula is C137H154N10. The van der Waals surface area contributed by atoms with Crippen LogP contribution in [0.25, 0.3) is 204 Å². The molecule has 752 valence electrons. The standard InChI is InChI=1S/C137H154N10/c1-126(2,3)85-56-79(57-86(68-85)127(4,5)6)117-103-46-42-97(138-103)74-113-101(76-115(144-113)121(83-64-93(134(25,26)27)72-94(65-83)135(28,29)30)111-54-52-109(142-111)119(107-50-48-105(117)140-107)81-60-89(130(13,14)15)70-90(61-81)131(16,17)18)99-44-45-100(124-123(99)146-125(147-124)78-40-38-37-39-41-78)102-77-116-122(84-66-95(136(31,32)33)73-96(67-84)137(34,35)36)112-55-53-110(143-112)120(82-62-91(132(19,20)21)71-92(63-82)133(22,23)24)108-51-49-106(141-108)118(104-47-43-98(139-104)75-114(102)145-116)80-58-87(128(7,8)9)69-88(59-80)129(10,11)12/h37-77,140-141,144-145H,1-36H3,(H,146,147). The fraction of sp³-hybridized carbons (Fsp3) is 0.350. The number of aromatic nitrogens is 10. The first-order chi connectivity index (χ1) is 68.3. The predicted molar refractivity (Wildman–Crippen MR) is 634 cm³/mol. The van der Waals surface area contributed by atoms with Crippen molar-refractivity contribution in [2.45, 2.75) is 314 Å². The average molecular weight is 1940 g/mol. The first kappa shape index (κ1) is 102. The van der Waals surface area contributed by atoms with Crippen molar-refractivity contribution in [1.29, 1.82) is 0 Å². The zero-order chi connectivity index (χ0) is 106. The fourth-order valence-electron chi connectivity index (χ4n) is 20.8. The van der Waals surface area contributed by atoms with Crippen LogP contribution in [0.3, 0.4) is 0 Å². The summed E-state index contributed by atoms with van der Waals surface area (Å²) < 4.78 is 0. The van der Waals surface area contributed by atoms with Gasteiger partial charge in [-0.25, -0.2) is 24.9 Å². The maximum absolute atomic E-state index is 6.13. The van der Waals surface area contributed by atoms with Crippen molar-refractivity contribution in [2.75, 3.05) is 0 Å². The Balaban J connectivity index is 0.977. The quantitative estimate of drug-likeness (QED) is 0.0978. The van der Waals surface area contributed by atoms with Crippen LogP contribution in [0.15, 0.2) is 200 Å². The molecule has 0 amide bonds. The van der Waals surface area contributed by atoms with Gasteiger partial charge in [0.25, 0.3) is 0 Å². The van der Waals surface area contributed by atoms with Crippen LogP contribution >= 0.6 is 0 Å². The van der Waals surface area contributed by atoms with E-state index in [-0.39, 0.29) is 65.0 Å². The van der Waals surface area contributed by atoms with Crippen molar-refractivity contribution in [3.63, 3.8) is 0 Å². The van der Waals surface area contributed by atoms with Gasteiger partial charge in [0.1, 0.15) is 5.82 Å². The summed E-state index contributed by atoms with van der Waals surface area (Å²) in [6.45, 7) is 83.9. The van der Waals surface area contributed by atoms with Crippen LogP contribution in [0.1, 0.15) is 362 Å². The van der Waals surface area contributed by atoms with E-state index in [0.717, 1.165) is 201 Å². The summed E-state index contributed by atoms with van der Waals surface area (Å²) in [6, 6.07) is 77.3. The second-order valence-corrected chi connectivity index (χ2v) is 54.7. The number of hydrogen-bond donors (Lipinski definition) is 5. The zero-order valence-electron chi connectivity index (χ0n) is 94.4. The number of H-pyrrole nitrogens is 5. The zero-order valence-corrected chi connectivity index (χ0v) is 94.4. The van der Waals surface area contributed by atoms with Crippen molar-refractivity contribution < 1.29 is 0 Å². The number of aromatic amines is 5. The van der Waals surface area contributed by atoms with E-state index in [0.29, 0.717) is 0 Å². The normalized spacial score (nSPS) is 13.7. The van der Waals surface area contributed by atoms with Gasteiger partial charge in [-0.15, -0.1) is 0 Å². The molecule has 0 saturated carbocycles. The van der Waals surface area contributed by atoms with Crippen LogP contribution in [-0.4, -0.2) is 49.8 Å². The molecule has 5 N–H and O–H groups in total. The highest BCUT2D eigenvalue weighted by atomic mass is 14.9. The first-order valence-electron chi connectivity index (χ1n) is 53.2. The molecule has 0 unspecified atom stereocenters. The van der Waals surface area contributed by atoms with Gasteiger partial charge in [-0.3, -0.25) is 0 Å². The Morgan fingerprint density at radius 2 is 0.381 bits per heavy atom. The lowest BCUT2D eigenvalue weighted by Gasteiger charge is -2.26. The Bertz CT molecular complexity index is 7730. The lowest BCUT2D eigenvalue weighted by Crippen LogP contribution is -2.16. The highest BCUT2D eigenvalue weighted by molar-refractivity contribution is 6.11. The second kappa shape index (κ2) is 35.6. The van der Waals surface area contributed by atoms with E-state index in [1.165, 1.54) is 66.8 Å². The molecule has 0 fully saturated rings. The van der Waals surface area contributed by atoms with Crippen LogP contribution < -0.4 is 0 Å². The number of rotatable bonds is 9. The Hall–Kier alpha value is -13.6. The molecule has 0 radical (unpaired) electrons. The highest BCUT2D eigenvalue weighted by Crippen LogP contribution is 2.51. The number of hydrogen-bond acceptors (Lipinski definition) is 5. The minimum Gasteiger partial charge on any atom is -0.354 e. The smallest absolute Gasteiger partial charge is 0.138 e. The van der Waals surface area contributed by atoms with E-state index in [1.54, 1.807) is 0 Å². The summed E-state index contributed by atoms with van der Waals surface area (Å²) in [5.41, 5.74) is 45.5. The summed E-state index contributed by atoms with van der Waals surface area (Å²) in [5, 5.41) is 0. The summed E-state index contributed by atoms with van der Waals surface area (Å²) >= 11 is 0. The van der Waals surface area contributed by atoms with Gasteiger partial charge in [-0.1, -0.05) is 401 Å². The molecule has 4 aliphatic rings. The molecule has 0 spiro atoms. The predicted octanol–water partition coefficient (Wildman–Crippen LogP) is 38.1. The van der Waals surface area contributed by atoms with Gasteiger partial charge in [-0.2, -0.15) is 0 Å². The van der Waals surface area contributed by atoms with E-state index in [1.807, 2.05) is 0 Å². The van der Waals surface area contributed by atoms with E-state index < -0.39 is 0 Å². The molecular weight excluding hydrogens is 1790 g/mol. The lowest BCUT2D eigenvalue weighted by atomic mass is 9.78. The van der Waals surface area contributed by atoms with Gasteiger partial charge in [0.05, 0.1) is 56.6 Å². The molecule has 15 aromatic rings. The third kappa shape index (κ3) is 20.3. The number of nitrogens with one attached hydrogen (secondary N) is 5.